The maximum Gasteiger partial charge on any atom is 0.416 e. The number of benzene rings is 1. The van der Waals surface area contributed by atoms with Crippen LogP contribution in [0.3, 0.4) is 0 Å². The molecular formula is C25H25F6N5O2. The van der Waals surface area contributed by atoms with Gasteiger partial charge in [0.15, 0.2) is 0 Å². The second-order valence-electron chi connectivity index (χ2n) is 9.63. The third kappa shape index (κ3) is 5.42. The molecule has 38 heavy (non-hydrogen) atoms. The number of allylic oxidation sites excluding steroid dienone is 3. The van der Waals surface area contributed by atoms with Crippen molar-refractivity contribution >= 4 is 0 Å². The van der Waals surface area contributed by atoms with E-state index < -0.39 is 46.4 Å². The van der Waals surface area contributed by atoms with Crippen LogP contribution in [0.2, 0.25) is 0 Å². The monoisotopic (exact) mass is 541 g/mol. The Balaban J connectivity index is 1.60. The van der Waals surface area contributed by atoms with Gasteiger partial charge in [-0.1, -0.05) is 24.3 Å². The van der Waals surface area contributed by atoms with Crippen molar-refractivity contribution in [1.82, 2.24) is 20.1 Å². The molecule has 1 aromatic heterocycles. The van der Waals surface area contributed by atoms with Crippen LogP contribution in [0.1, 0.15) is 49.0 Å². The Labute approximate surface area is 213 Å². The van der Waals surface area contributed by atoms with Crippen molar-refractivity contribution in [2.45, 2.75) is 55.7 Å². The Morgan fingerprint density at radius 1 is 1.16 bits per heavy atom. The fourth-order valence-corrected chi connectivity index (χ4v) is 4.96. The lowest BCUT2D eigenvalue weighted by Gasteiger charge is -2.48. The number of piperidine rings is 1. The molecule has 1 aliphatic heterocycles. The minimum atomic E-state index is -4.97. The molecular weight excluding hydrogens is 516 g/mol. The lowest BCUT2D eigenvalue weighted by atomic mass is 9.71. The first-order chi connectivity index (χ1) is 17.8. The van der Waals surface area contributed by atoms with Crippen molar-refractivity contribution in [2.75, 3.05) is 13.2 Å². The van der Waals surface area contributed by atoms with Crippen molar-refractivity contribution in [2.24, 2.45) is 5.92 Å². The van der Waals surface area contributed by atoms with E-state index >= 15 is 0 Å². The first-order valence-electron chi connectivity index (χ1n) is 11.8. The average Bonchev–Trinajstić information content (AvgIpc) is 3.33. The summed E-state index contributed by atoms with van der Waals surface area (Å²) in [7, 11) is 0. The van der Waals surface area contributed by atoms with E-state index in [-0.39, 0.29) is 37.1 Å². The number of rotatable bonds is 6. The zero-order valence-electron chi connectivity index (χ0n) is 20.2. The van der Waals surface area contributed by atoms with Gasteiger partial charge in [0.05, 0.1) is 29.9 Å². The van der Waals surface area contributed by atoms with Crippen molar-refractivity contribution in [3.63, 3.8) is 0 Å². The van der Waals surface area contributed by atoms with Gasteiger partial charge in [-0.05, 0) is 49.9 Å². The molecule has 2 aliphatic rings. The van der Waals surface area contributed by atoms with Crippen LogP contribution >= 0.6 is 0 Å². The molecule has 0 amide bonds. The highest BCUT2D eigenvalue weighted by Gasteiger charge is 2.48. The van der Waals surface area contributed by atoms with Crippen LogP contribution in [0.15, 0.2) is 53.6 Å². The zero-order chi connectivity index (χ0) is 27.8. The molecule has 2 heterocycles. The molecule has 4 atom stereocenters. The molecule has 13 heteroatoms. The minimum absolute atomic E-state index is 0.0521. The third-order valence-corrected chi connectivity index (χ3v) is 7.30. The van der Waals surface area contributed by atoms with Crippen LogP contribution in [-0.4, -0.2) is 33.5 Å². The summed E-state index contributed by atoms with van der Waals surface area (Å²) < 4.78 is 87.2. The predicted molar refractivity (Wildman–Crippen MR) is 124 cm³/mol. The highest BCUT2D eigenvalue weighted by Crippen LogP contribution is 2.41. The third-order valence-electron chi connectivity index (χ3n) is 7.30. The molecule has 1 fully saturated rings. The molecule has 1 aromatic carbocycles. The van der Waals surface area contributed by atoms with E-state index in [2.05, 4.69) is 21.6 Å². The van der Waals surface area contributed by atoms with Crippen LogP contribution in [0.5, 0.6) is 0 Å². The maximum absolute atomic E-state index is 13.3. The number of nitrogens with one attached hydrogen (secondary N) is 2. The summed E-state index contributed by atoms with van der Waals surface area (Å²) in [5.74, 6) is -0.135. The summed E-state index contributed by atoms with van der Waals surface area (Å²) in [5, 5.41) is 19.3. The van der Waals surface area contributed by atoms with Gasteiger partial charge in [-0.3, -0.25) is 4.57 Å². The van der Waals surface area contributed by atoms with Gasteiger partial charge in [0.1, 0.15) is 11.9 Å². The molecule has 2 aromatic rings. The molecule has 4 rings (SSSR count). The number of hydrogen-bond acceptors (Lipinski definition) is 5. The topological polar surface area (TPSA) is 95.7 Å². The second-order valence-corrected chi connectivity index (χ2v) is 9.63. The SMILES string of the molecule is C[C@@H](OC[C@@]1(C2C=CC=CC2)CC[C@@](C#N)(n2cn[nH]c2=O)CN1)c1cc(C(F)(F)F)cc(C(F)(F)F)c1. The zero-order valence-corrected chi connectivity index (χ0v) is 20.2. The van der Waals surface area contributed by atoms with E-state index in [1.54, 1.807) is 0 Å². The summed E-state index contributed by atoms with van der Waals surface area (Å²) in [4.78, 5) is 12.2. The highest BCUT2D eigenvalue weighted by atomic mass is 19.4. The molecule has 0 bridgehead atoms. The first-order valence-corrected chi connectivity index (χ1v) is 11.8. The van der Waals surface area contributed by atoms with E-state index in [9.17, 15) is 36.4 Å². The van der Waals surface area contributed by atoms with Crippen LogP contribution in [0.4, 0.5) is 26.3 Å². The number of hydrogen-bond donors (Lipinski definition) is 2. The number of aromatic amines is 1. The van der Waals surface area contributed by atoms with Crippen molar-refractivity contribution in [1.29, 1.82) is 5.26 Å². The highest BCUT2D eigenvalue weighted by molar-refractivity contribution is 5.34. The number of nitrogens with zero attached hydrogens (tertiary/aromatic N) is 3. The van der Waals surface area contributed by atoms with E-state index in [0.717, 1.165) is 0 Å². The Bertz CT molecular complexity index is 1280. The Kier molecular flexibility index (Phi) is 7.33. The van der Waals surface area contributed by atoms with Crippen molar-refractivity contribution in [3.8, 4) is 6.07 Å². The Hall–Kier alpha value is -3.37. The van der Waals surface area contributed by atoms with Gasteiger partial charge in [-0.2, -0.15) is 36.7 Å². The van der Waals surface area contributed by atoms with Gasteiger partial charge in [-0.25, -0.2) is 9.89 Å². The predicted octanol–water partition coefficient (Wildman–Crippen LogP) is 4.86. The van der Waals surface area contributed by atoms with Crippen LogP contribution in [0.25, 0.3) is 0 Å². The lowest BCUT2D eigenvalue weighted by molar-refractivity contribution is -0.143. The molecule has 0 saturated carbocycles. The van der Waals surface area contributed by atoms with Gasteiger partial charge >= 0.3 is 18.0 Å². The summed E-state index contributed by atoms with van der Waals surface area (Å²) in [6, 6.07) is 3.60. The molecule has 7 nitrogen and oxygen atoms in total. The van der Waals surface area contributed by atoms with Crippen molar-refractivity contribution in [3.05, 3.63) is 76.0 Å². The Morgan fingerprint density at radius 2 is 1.84 bits per heavy atom. The lowest BCUT2D eigenvalue weighted by Crippen LogP contribution is -2.64. The van der Waals surface area contributed by atoms with Crippen LogP contribution < -0.4 is 11.0 Å². The van der Waals surface area contributed by atoms with E-state index in [4.69, 9.17) is 4.74 Å². The number of H-pyrrole nitrogens is 1. The average molecular weight is 541 g/mol. The number of alkyl halides is 6. The Morgan fingerprint density at radius 3 is 2.32 bits per heavy atom. The van der Waals surface area contributed by atoms with Gasteiger partial charge in [0.2, 0.25) is 0 Å². The number of ether oxygens (including phenoxy) is 1. The quantitative estimate of drug-likeness (QED) is 0.510. The maximum atomic E-state index is 13.3. The summed E-state index contributed by atoms with van der Waals surface area (Å²) >= 11 is 0. The summed E-state index contributed by atoms with van der Waals surface area (Å²) in [6.45, 7) is 1.39. The second kappa shape index (κ2) is 10.1. The van der Waals surface area contributed by atoms with E-state index in [1.165, 1.54) is 17.8 Å². The number of aromatic nitrogens is 3. The molecule has 0 spiro atoms. The van der Waals surface area contributed by atoms with Crippen molar-refractivity contribution < 1.29 is 31.1 Å². The molecule has 1 unspecified atom stereocenters. The van der Waals surface area contributed by atoms with Gasteiger partial charge in [-0.15, -0.1) is 0 Å². The van der Waals surface area contributed by atoms with E-state index in [1.807, 2.05) is 24.3 Å². The summed E-state index contributed by atoms with van der Waals surface area (Å²) in [6.07, 6.45) is -1.02. The molecule has 1 saturated heterocycles. The first kappa shape index (κ1) is 27.7. The molecule has 1 aliphatic carbocycles. The van der Waals surface area contributed by atoms with Gasteiger partial charge < -0.3 is 10.1 Å². The fraction of sp³-hybridized carbons (Fsp3) is 0.480. The number of nitriles is 1. The molecule has 204 valence electrons. The molecule has 2 N–H and O–H groups in total. The van der Waals surface area contributed by atoms with Gasteiger partial charge in [0, 0.05) is 18.0 Å². The van der Waals surface area contributed by atoms with Crippen LogP contribution in [-0.2, 0) is 22.6 Å². The molecule has 0 radical (unpaired) electrons. The standard InChI is InChI=1S/C25H25F6N5O2/c1-16(17-9-19(24(26,27)28)11-20(10-17)25(29,30)31)38-14-23(18-5-3-2-4-6-18)8-7-22(12-32,13-33-23)36-15-34-35-21(36)37/h2-5,9-11,15-16,18,33H,6-8,13-14H2,1H3,(H,35,37)/t16-,18?,22+,23-/m1/s1. The normalized spacial score (nSPS) is 26.7. The fourth-order valence-electron chi connectivity index (χ4n) is 4.96. The van der Waals surface area contributed by atoms with Crippen LogP contribution in [0, 0.1) is 17.2 Å². The summed E-state index contributed by atoms with van der Waals surface area (Å²) in [5.41, 5.74) is -5.64. The van der Waals surface area contributed by atoms with E-state index in [0.29, 0.717) is 25.0 Å². The van der Waals surface area contributed by atoms with Gasteiger partial charge in [0.25, 0.3) is 0 Å². The largest absolute Gasteiger partial charge is 0.416 e. The smallest absolute Gasteiger partial charge is 0.372 e. The minimum Gasteiger partial charge on any atom is -0.372 e. The number of halogens is 6.